The molecule has 0 aliphatic carbocycles. The summed E-state index contributed by atoms with van der Waals surface area (Å²) in [6.45, 7) is 0.970. The number of hydrogen-bond donors (Lipinski definition) is 1. The van der Waals surface area contributed by atoms with Crippen molar-refractivity contribution in [2.45, 2.75) is 13.0 Å². The van der Waals surface area contributed by atoms with E-state index in [1.165, 1.54) is 15.9 Å². The standard InChI is InChI=1S/C12H15N3O4S/c1-18-6-3-5-13-10(16)8-15-11(14-19-12(15)17)9-4-2-7-20-9/h2,4,7H,3,5-6,8H2,1H3,(H,13,16). The monoisotopic (exact) mass is 297 g/mol. The Morgan fingerprint density at radius 3 is 3.15 bits per heavy atom. The van der Waals surface area contributed by atoms with Crippen LogP contribution in [0.15, 0.2) is 26.8 Å². The molecule has 8 heteroatoms. The van der Waals surface area contributed by atoms with Gasteiger partial charge in [-0.2, -0.15) is 0 Å². The summed E-state index contributed by atoms with van der Waals surface area (Å²) >= 11 is 1.42. The topological polar surface area (TPSA) is 86.4 Å². The fourth-order valence-electron chi connectivity index (χ4n) is 1.63. The van der Waals surface area contributed by atoms with E-state index in [0.29, 0.717) is 19.0 Å². The van der Waals surface area contributed by atoms with Crippen LogP contribution >= 0.6 is 11.3 Å². The van der Waals surface area contributed by atoms with Crippen LogP contribution in [0, 0.1) is 0 Å². The first-order valence-electron chi connectivity index (χ1n) is 6.08. The molecule has 0 saturated carbocycles. The van der Waals surface area contributed by atoms with E-state index in [0.717, 1.165) is 11.3 Å². The fourth-order valence-corrected chi connectivity index (χ4v) is 2.35. The molecule has 108 valence electrons. The Labute approximate surface area is 119 Å². The van der Waals surface area contributed by atoms with Crippen LogP contribution in [0.4, 0.5) is 0 Å². The van der Waals surface area contributed by atoms with Crippen molar-refractivity contribution >= 4 is 17.2 Å². The van der Waals surface area contributed by atoms with Crippen LogP contribution in [0.1, 0.15) is 6.42 Å². The van der Waals surface area contributed by atoms with Crippen molar-refractivity contribution in [3.05, 3.63) is 28.1 Å². The summed E-state index contributed by atoms with van der Waals surface area (Å²) < 4.78 is 10.7. The molecule has 2 rings (SSSR count). The molecule has 1 amide bonds. The first-order valence-corrected chi connectivity index (χ1v) is 6.96. The van der Waals surface area contributed by atoms with Crippen LogP contribution in [-0.2, 0) is 16.1 Å². The van der Waals surface area contributed by atoms with E-state index >= 15 is 0 Å². The number of aromatic nitrogens is 2. The molecule has 0 aliphatic heterocycles. The molecule has 1 N–H and O–H groups in total. The Morgan fingerprint density at radius 2 is 2.45 bits per heavy atom. The molecule has 2 aromatic heterocycles. The van der Waals surface area contributed by atoms with E-state index in [-0.39, 0.29) is 12.5 Å². The molecule has 0 fully saturated rings. The second-order valence-electron chi connectivity index (χ2n) is 4.03. The maximum Gasteiger partial charge on any atom is 0.442 e. The number of carbonyl (C=O) groups is 1. The van der Waals surface area contributed by atoms with Crippen molar-refractivity contribution < 1.29 is 14.1 Å². The van der Waals surface area contributed by atoms with Gasteiger partial charge < -0.3 is 10.1 Å². The SMILES string of the molecule is COCCCNC(=O)Cn1c(-c2cccs2)noc1=O. The minimum atomic E-state index is -0.638. The first kappa shape index (κ1) is 14.5. The number of hydrogen-bond acceptors (Lipinski definition) is 6. The van der Waals surface area contributed by atoms with Crippen molar-refractivity contribution in [1.29, 1.82) is 0 Å². The number of nitrogens with zero attached hydrogens (tertiary/aromatic N) is 2. The van der Waals surface area contributed by atoms with Gasteiger partial charge in [0.15, 0.2) is 5.82 Å². The van der Waals surface area contributed by atoms with Gasteiger partial charge in [0, 0.05) is 20.3 Å². The highest BCUT2D eigenvalue weighted by Gasteiger charge is 2.16. The Bertz CT molecular complexity index is 603. The van der Waals surface area contributed by atoms with Crippen molar-refractivity contribution in [3.63, 3.8) is 0 Å². The second-order valence-corrected chi connectivity index (χ2v) is 4.98. The lowest BCUT2D eigenvalue weighted by Crippen LogP contribution is -2.32. The number of methoxy groups -OCH3 is 1. The van der Waals surface area contributed by atoms with E-state index in [9.17, 15) is 9.59 Å². The predicted molar refractivity (Wildman–Crippen MR) is 73.6 cm³/mol. The highest BCUT2D eigenvalue weighted by atomic mass is 32.1. The molecule has 0 saturated heterocycles. The lowest BCUT2D eigenvalue weighted by molar-refractivity contribution is -0.121. The molecule has 2 heterocycles. The van der Waals surface area contributed by atoms with Crippen LogP contribution in [0.5, 0.6) is 0 Å². The molecule has 0 spiro atoms. The Kier molecular flexibility index (Phi) is 5.08. The maximum atomic E-state index is 11.8. The maximum absolute atomic E-state index is 11.8. The zero-order valence-electron chi connectivity index (χ0n) is 11.0. The number of nitrogens with one attached hydrogen (secondary N) is 1. The van der Waals surface area contributed by atoms with Gasteiger partial charge in [0.2, 0.25) is 5.91 Å². The molecule has 0 aromatic carbocycles. The van der Waals surface area contributed by atoms with E-state index in [2.05, 4.69) is 15.0 Å². The third-order valence-corrected chi connectivity index (χ3v) is 3.44. The summed E-state index contributed by atoms with van der Waals surface area (Å²) in [5, 5.41) is 8.28. The van der Waals surface area contributed by atoms with E-state index in [4.69, 9.17) is 4.74 Å². The fraction of sp³-hybridized carbons (Fsp3) is 0.417. The number of rotatable bonds is 7. The second kappa shape index (κ2) is 7.01. The van der Waals surface area contributed by atoms with Gasteiger partial charge in [-0.1, -0.05) is 11.2 Å². The summed E-state index contributed by atoms with van der Waals surface area (Å²) in [6.07, 6.45) is 0.721. The molecule has 0 radical (unpaired) electrons. The Hall–Kier alpha value is -1.93. The average Bonchev–Trinajstić information content (AvgIpc) is 3.06. The van der Waals surface area contributed by atoms with Gasteiger partial charge in [-0.05, 0) is 17.9 Å². The Morgan fingerprint density at radius 1 is 1.60 bits per heavy atom. The van der Waals surface area contributed by atoms with Gasteiger partial charge in [-0.15, -0.1) is 11.3 Å². The van der Waals surface area contributed by atoms with Gasteiger partial charge in [-0.3, -0.25) is 9.32 Å². The normalized spacial score (nSPS) is 10.7. The quantitative estimate of drug-likeness (QED) is 0.761. The molecular formula is C12H15N3O4S. The number of ether oxygens (including phenoxy) is 1. The summed E-state index contributed by atoms with van der Waals surface area (Å²) in [5.74, 6) is -0.526. The molecule has 0 atom stereocenters. The number of amides is 1. The smallest absolute Gasteiger partial charge is 0.385 e. The van der Waals surface area contributed by atoms with Crippen LogP contribution in [-0.4, -0.2) is 35.9 Å². The third-order valence-electron chi connectivity index (χ3n) is 2.58. The van der Waals surface area contributed by atoms with Crippen LogP contribution in [0.25, 0.3) is 10.7 Å². The van der Waals surface area contributed by atoms with E-state index < -0.39 is 5.76 Å². The van der Waals surface area contributed by atoms with Crippen molar-refractivity contribution in [3.8, 4) is 10.7 Å². The van der Waals surface area contributed by atoms with Crippen molar-refractivity contribution in [2.75, 3.05) is 20.3 Å². The minimum absolute atomic E-state index is 0.109. The van der Waals surface area contributed by atoms with Gasteiger partial charge in [0.1, 0.15) is 6.54 Å². The lowest BCUT2D eigenvalue weighted by Gasteiger charge is -2.05. The molecule has 0 bridgehead atoms. The molecule has 0 aliphatic rings. The van der Waals surface area contributed by atoms with Crippen LogP contribution in [0.2, 0.25) is 0 Å². The summed E-state index contributed by atoms with van der Waals surface area (Å²) in [6, 6.07) is 3.66. The van der Waals surface area contributed by atoms with Crippen LogP contribution in [0.3, 0.4) is 0 Å². The molecule has 2 aromatic rings. The average molecular weight is 297 g/mol. The predicted octanol–water partition coefficient (Wildman–Crippen LogP) is 0.717. The molecule has 7 nitrogen and oxygen atoms in total. The zero-order valence-corrected chi connectivity index (χ0v) is 11.8. The lowest BCUT2D eigenvalue weighted by atomic mass is 10.4. The largest absolute Gasteiger partial charge is 0.442 e. The summed E-state index contributed by atoms with van der Waals surface area (Å²) in [5.41, 5.74) is 0. The molecular weight excluding hydrogens is 282 g/mol. The zero-order chi connectivity index (χ0) is 14.4. The first-order chi connectivity index (χ1) is 9.72. The van der Waals surface area contributed by atoms with E-state index in [1.807, 2.05) is 17.5 Å². The number of carbonyl (C=O) groups excluding carboxylic acids is 1. The summed E-state index contributed by atoms with van der Waals surface area (Å²) in [4.78, 5) is 24.1. The van der Waals surface area contributed by atoms with Crippen molar-refractivity contribution in [1.82, 2.24) is 15.0 Å². The van der Waals surface area contributed by atoms with Gasteiger partial charge in [-0.25, -0.2) is 9.36 Å². The Balaban J connectivity index is 2.01. The highest BCUT2D eigenvalue weighted by Crippen LogP contribution is 2.21. The summed E-state index contributed by atoms with van der Waals surface area (Å²) in [7, 11) is 1.60. The number of thiophene rings is 1. The van der Waals surface area contributed by atoms with Crippen molar-refractivity contribution in [2.24, 2.45) is 0 Å². The molecule has 0 unspecified atom stereocenters. The van der Waals surface area contributed by atoms with Gasteiger partial charge in [0.05, 0.1) is 4.88 Å². The van der Waals surface area contributed by atoms with Crippen LogP contribution < -0.4 is 11.1 Å². The van der Waals surface area contributed by atoms with E-state index in [1.54, 1.807) is 7.11 Å². The molecule has 20 heavy (non-hydrogen) atoms. The highest BCUT2D eigenvalue weighted by molar-refractivity contribution is 7.13. The minimum Gasteiger partial charge on any atom is -0.385 e. The van der Waals surface area contributed by atoms with Gasteiger partial charge in [0.25, 0.3) is 0 Å². The third kappa shape index (κ3) is 3.55. The van der Waals surface area contributed by atoms with Gasteiger partial charge >= 0.3 is 5.76 Å².